The average molecular weight is 994 g/mol. The molecule has 2 saturated heterocycles. The van der Waals surface area contributed by atoms with Gasteiger partial charge in [-0.15, -0.1) is 0 Å². The molecule has 23 heteroatoms. The van der Waals surface area contributed by atoms with Gasteiger partial charge in [0.15, 0.2) is 5.82 Å². The number of urea groups is 1. The minimum absolute atomic E-state index is 0.00841. The van der Waals surface area contributed by atoms with E-state index in [1.807, 2.05) is 4.90 Å². The van der Waals surface area contributed by atoms with E-state index in [0.717, 1.165) is 11.0 Å². The van der Waals surface area contributed by atoms with Crippen molar-refractivity contribution in [3.05, 3.63) is 75.8 Å². The molecule has 0 spiro atoms. The highest BCUT2D eigenvalue weighted by Crippen LogP contribution is 2.42. The Hall–Kier alpha value is -6.59. The summed E-state index contributed by atoms with van der Waals surface area (Å²) >= 11 is 6.54. The first-order chi connectivity index (χ1) is 33.7. The largest absolute Gasteiger partial charge is 0.507 e. The zero-order chi connectivity index (χ0) is 49.9. The van der Waals surface area contributed by atoms with Crippen LogP contribution in [-0.2, 0) is 39.8 Å². The van der Waals surface area contributed by atoms with Gasteiger partial charge in [0.25, 0.3) is 11.8 Å². The quantitative estimate of drug-likeness (QED) is 0.0614. The number of nitrogens with one attached hydrogen (secondary N) is 2. The minimum Gasteiger partial charge on any atom is -0.507 e. The molecular formula is C47H54ClF2N9O11. The summed E-state index contributed by atoms with van der Waals surface area (Å²) in [5, 5.41) is 15.7. The Kier molecular flexibility index (Phi) is 17.4. The third-order valence-electron chi connectivity index (χ3n) is 12.0. The van der Waals surface area contributed by atoms with E-state index >= 15 is 4.39 Å². The van der Waals surface area contributed by atoms with Crippen LogP contribution in [0.5, 0.6) is 5.75 Å². The SMILES string of the molecule is CN(CCOCCOCCOCCOCCCc1cccc2c1C(=O)N(C1CCC(=O)NC1=O)C2=O)C(=O)CCNc1nc(N2CCN(C(N)=O)CC2)c2cc(Cl)c(-c3c(O)cccc3F)c(F)c2n1. The number of hydrogen-bond donors (Lipinski definition) is 4. The maximum atomic E-state index is 16.4. The molecule has 7 amide bonds. The van der Waals surface area contributed by atoms with Gasteiger partial charge in [-0.1, -0.05) is 29.8 Å². The predicted octanol–water partition coefficient (Wildman–Crippen LogP) is 3.50. The van der Waals surface area contributed by atoms with Crippen molar-refractivity contribution >= 4 is 69.8 Å². The third kappa shape index (κ3) is 12.0. The van der Waals surface area contributed by atoms with Crippen LogP contribution in [0.1, 0.15) is 52.0 Å². The number of piperazine rings is 1. The van der Waals surface area contributed by atoms with Gasteiger partial charge in [-0.25, -0.2) is 18.6 Å². The molecule has 1 atom stereocenters. The molecule has 1 aromatic heterocycles. The van der Waals surface area contributed by atoms with Gasteiger partial charge in [0.1, 0.15) is 28.9 Å². The van der Waals surface area contributed by atoms with Crippen LogP contribution in [0.25, 0.3) is 22.0 Å². The van der Waals surface area contributed by atoms with Crippen molar-refractivity contribution in [1.29, 1.82) is 0 Å². The second kappa shape index (κ2) is 23.8. The van der Waals surface area contributed by atoms with E-state index in [4.69, 9.17) is 36.3 Å². The van der Waals surface area contributed by atoms with Crippen molar-refractivity contribution in [3.63, 3.8) is 0 Å². The zero-order valence-electron chi connectivity index (χ0n) is 38.5. The van der Waals surface area contributed by atoms with Crippen LogP contribution in [0.3, 0.4) is 0 Å². The molecular weight excluding hydrogens is 940 g/mol. The number of nitrogens with two attached hydrogens (primary N) is 1. The van der Waals surface area contributed by atoms with Crippen molar-refractivity contribution in [2.24, 2.45) is 5.73 Å². The fourth-order valence-electron chi connectivity index (χ4n) is 8.35. The molecule has 3 aromatic carbocycles. The van der Waals surface area contributed by atoms with Gasteiger partial charge in [0.2, 0.25) is 23.7 Å². The normalized spacial score (nSPS) is 16.0. The summed E-state index contributed by atoms with van der Waals surface area (Å²) in [6.45, 7) is 4.21. The molecule has 4 aromatic rings. The van der Waals surface area contributed by atoms with Gasteiger partial charge in [-0.2, -0.15) is 4.98 Å². The summed E-state index contributed by atoms with van der Waals surface area (Å²) in [5.41, 5.74) is 5.70. The van der Waals surface area contributed by atoms with Gasteiger partial charge >= 0.3 is 6.03 Å². The van der Waals surface area contributed by atoms with Gasteiger partial charge in [0, 0.05) is 76.7 Å². The lowest BCUT2D eigenvalue weighted by Gasteiger charge is -2.35. The Morgan fingerprint density at radius 3 is 2.23 bits per heavy atom. The molecule has 5 N–H and O–H groups in total. The number of phenols is 1. The fraction of sp³-hybridized carbons (Fsp3) is 0.447. The topological polar surface area (TPSA) is 248 Å². The molecule has 1 unspecified atom stereocenters. The number of fused-ring (bicyclic) bond motifs is 2. The number of aromatic hydroxyl groups is 1. The monoisotopic (exact) mass is 993 g/mol. The Balaban J connectivity index is 0.768. The van der Waals surface area contributed by atoms with E-state index in [1.54, 1.807) is 25.2 Å². The first-order valence-corrected chi connectivity index (χ1v) is 23.2. The number of hydrogen-bond acceptors (Lipinski definition) is 15. The lowest BCUT2D eigenvalue weighted by molar-refractivity contribution is -0.136. The molecule has 2 fully saturated rings. The maximum absolute atomic E-state index is 16.4. The minimum atomic E-state index is -1.02. The number of aromatic nitrogens is 2. The van der Waals surface area contributed by atoms with Crippen LogP contribution in [0.4, 0.5) is 25.3 Å². The smallest absolute Gasteiger partial charge is 0.314 e. The molecule has 4 heterocycles. The van der Waals surface area contributed by atoms with E-state index in [9.17, 15) is 38.3 Å². The molecule has 0 saturated carbocycles. The van der Waals surface area contributed by atoms with Crippen molar-refractivity contribution in [2.45, 2.75) is 38.1 Å². The van der Waals surface area contributed by atoms with Crippen molar-refractivity contribution in [2.75, 3.05) is 109 Å². The summed E-state index contributed by atoms with van der Waals surface area (Å²) in [5.74, 6) is -4.44. The van der Waals surface area contributed by atoms with E-state index < -0.39 is 58.6 Å². The second-order valence-corrected chi connectivity index (χ2v) is 17.0. The molecule has 374 valence electrons. The number of anilines is 2. The number of carbonyl (C=O) groups is 6. The Morgan fingerprint density at radius 1 is 0.886 bits per heavy atom. The van der Waals surface area contributed by atoms with E-state index in [2.05, 4.69) is 20.6 Å². The van der Waals surface area contributed by atoms with E-state index in [1.165, 1.54) is 28.0 Å². The van der Waals surface area contributed by atoms with Crippen LogP contribution in [0.15, 0.2) is 42.5 Å². The number of halogens is 3. The number of phenolic OH excluding ortho intramolecular Hbond substituents is 1. The number of piperidine rings is 1. The maximum Gasteiger partial charge on any atom is 0.314 e. The number of primary amides is 1. The number of likely N-dealkylation sites (N-methyl/N-ethyl adjacent to an activating group) is 1. The second-order valence-electron chi connectivity index (χ2n) is 16.6. The summed E-state index contributed by atoms with van der Waals surface area (Å²) in [6, 6.07) is 8.45. The number of rotatable bonds is 23. The van der Waals surface area contributed by atoms with Crippen LogP contribution < -0.4 is 21.3 Å². The van der Waals surface area contributed by atoms with Crippen molar-refractivity contribution in [1.82, 2.24) is 30.0 Å². The zero-order valence-corrected chi connectivity index (χ0v) is 39.2. The standard InChI is InChI=1S/C47H54ClF2N9O11/c1-56(18-20-68-22-24-70-26-25-69-23-21-67-19-4-6-28-5-2-7-29-37(28)45(65)59(44(29)64)33-10-11-35(61)53-43(33)63)36(62)12-13-52-47-54-41-30(42(55-47)57-14-16-58(17-15-57)46(51)66)27-31(48)38(40(41)50)39-32(49)8-3-9-34(39)60/h2-3,5,7-9,27,33,60H,4,6,10-26H2,1H3,(H2,51,66)(H,52,54,55)(H,53,61,63). The predicted molar refractivity (Wildman–Crippen MR) is 250 cm³/mol. The van der Waals surface area contributed by atoms with Gasteiger partial charge < -0.3 is 49.8 Å². The molecule has 70 heavy (non-hydrogen) atoms. The molecule has 7 rings (SSSR count). The first-order valence-electron chi connectivity index (χ1n) is 22.8. The Labute approximate surface area is 406 Å². The molecule has 20 nitrogen and oxygen atoms in total. The number of imide groups is 2. The summed E-state index contributed by atoms with van der Waals surface area (Å²) in [6.07, 6.45) is 1.25. The summed E-state index contributed by atoms with van der Waals surface area (Å²) < 4.78 is 53.8. The van der Waals surface area contributed by atoms with Gasteiger partial charge in [-0.3, -0.25) is 34.2 Å². The number of nitrogens with zero attached hydrogens (tertiary/aromatic N) is 6. The highest BCUT2D eigenvalue weighted by Gasteiger charge is 2.45. The van der Waals surface area contributed by atoms with E-state index in [0.29, 0.717) is 90.1 Å². The molecule has 3 aliphatic rings. The number of ether oxygens (including phenoxy) is 4. The van der Waals surface area contributed by atoms with Gasteiger partial charge in [0.05, 0.1) is 68.0 Å². The van der Waals surface area contributed by atoms with E-state index in [-0.39, 0.29) is 90.0 Å². The first kappa shape index (κ1) is 51.3. The lowest BCUT2D eigenvalue weighted by atomic mass is 9.99. The highest BCUT2D eigenvalue weighted by molar-refractivity contribution is 6.34. The van der Waals surface area contributed by atoms with Crippen LogP contribution in [0, 0.1) is 11.6 Å². The molecule has 0 radical (unpaired) electrons. The Morgan fingerprint density at radius 2 is 1.56 bits per heavy atom. The van der Waals surface area contributed by atoms with Crippen LogP contribution in [0.2, 0.25) is 5.02 Å². The van der Waals surface area contributed by atoms with Crippen LogP contribution >= 0.6 is 11.6 Å². The summed E-state index contributed by atoms with van der Waals surface area (Å²) in [4.78, 5) is 89.8. The number of carbonyl (C=O) groups excluding carboxylic acids is 6. The summed E-state index contributed by atoms with van der Waals surface area (Å²) in [7, 11) is 1.64. The molecule has 0 bridgehead atoms. The van der Waals surface area contributed by atoms with Crippen molar-refractivity contribution < 1.29 is 61.6 Å². The molecule has 3 aliphatic heterocycles. The fourth-order valence-corrected chi connectivity index (χ4v) is 8.63. The molecule has 0 aliphatic carbocycles. The number of aryl methyl sites for hydroxylation is 1. The lowest BCUT2D eigenvalue weighted by Crippen LogP contribution is -2.54. The number of benzene rings is 3. The van der Waals surface area contributed by atoms with Gasteiger partial charge in [-0.05, 0) is 49.1 Å². The average Bonchev–Trinajstić information content (AvgIpc) is 3.59. The third-order valence-corrected chi connectivity index (χ3v) is 12.3. The van der Waals surface area contributed by atoms with Crippen LogP contribution in [-0.4, -0.2) is 171 Å². The van der Waals surface area contributed by atoms with Crippen molar-refractivity contribution in [3.8, 4) is 16.9 Å². The number of amides is 7. The highest BCUT2D eigenvalue weighted by atomic mass is 35.5. The Bertz CT molecular complexity index is 2600.